The summed E-state index contributed by atoms with van der Waals surface area (Å²) >= 11 is 7.72. The number of halogens is 1. The normalized spacial score (nSPS) is 11.3. The molecule has 0 aliphatic heterocycles. The number of nitrogens with two attached hydrogens (primary N) is 1. The van der Waals surface area contributed by atoms with Crippen LogP contribution in [0.2, 0.25) is 5.02 Å². The van der Waals surface area contributed by atoms with E-state index in [1.54, 1.807) is 11.3 Å². The summed E-state index contributed by atoms with van der Waals surface area (Å²) < 4.78 is 0. The van der Waals surface area contributed by atoms with Gasteiger partial charge in [0.1, 0.15) is 11.3 Å². The van der Waals surface area contributed by atoms with Crippen LogP contribution in [0.4, 0.5) is 5.00 Å². The molecular weight excluding hydrogens is 266 g/mol. The van der Waals surface area contributed by atoms with Crippen molar-refractivity contribution in [3.8, 4) is 11.4 Å². The van der Waals surface area contributed by atoms with Gasteiger partial charge < -0.3 is 10.7 Å². The van der Waals surface area contributed by atoms with Gasteiger partial charge in [0.25, 0.3) is 0 Å². The number of nitrogens with zero attached hydrogens (tertiary/aromatic N) is 1. The zero-order valence-electron chi connectivity index (χ0n) is 10.0. The smallest absolute Gasteiger partial charge is 0.141 e. The summed E-state index contributed by atoms with van der Waals surface area (Å²) in [4.78, 5) is 9.05. The summed E-state index contributed by atoms with van der Waals surface area (Å²) in [5.41, 5.74) is 9.94. The lowest BCUT2D eigenvalue weighted by Crippen LogP contribution is -1.87. The van der Waals surface area contributed by atoms with Crippen molar-refractivity contribution in [1.29, 1.82) is 0 Å². The zero-order valence-corrected chi connectivity index (χ0v) is 11.6. The number of H-pyrrole nitrogens is 1. The predicted molar refractivity (Wildman–Crippen MR) is 78.3 cm³/mol. The highest BCUT2D eigenvalue weighted by atomic mass is 35.5. The van der Waals surface area contributed by atoms with E-state index >= 15 is 0 Å². The number of aromatic nitrogens is 2. The van der Waals surface area contributed by atoms with Crippen LogP contribution in [0.3, 0.4) is 0 Å². The second-order valence-electron chi connectivity index (χ2n) is 4.24. The standard InChI is InChI=1S/C13H12ClN3S/c1-6-7(2)18-12(15)10(6)13-16-9-5-3-4-8(14)11(9)17-13/h3-5H,15H2,1-2H3,(H,16,17). The van der Waals surface area contributed by atoms with Gasteiger partial charge in [0.05, 0.1) is 21.1 Å². The Balaban J connectivity index is 2.29. The minimum atomic E-state index is 0.651. The number of anilines is 1. The van der Waals surface area contributed by atoms with Crippen molar-refractivity contribution < 1.29 is 0 Å². The fourth-order valence-electron chi connectivity index (χ4n) is 2.06. The van der Waals surface area contributed by atoms with Gasteiger partial charge >= 0.3 is 0 Å². The van der Waals surface area contributed by atoms with E-state index in [1.807, 2.05) is 18.2 Å². The highest BCUT2D eigenvalue weighted by Crippen LogP contribution is 2.37. The van der Waals surface area contributed by atoms with Crippen LogP contribution in [0.25, 0.3) is 22.4 Å². The molecule has 0 aliphatic carbocycles. The average molecular weight is 278 g/mol. The van der Waals surface area contributed by atoms with Crippen LogP contribution in [0, 0.1) is 13.8 Å². The van der Waals surface area contributed by atoms with Gasteiger partial charge in [-0.3, -0.25) is 0 Å². The molecule has 3 nitrogen and oxygen atoms in total. The van der Waals surface area contributed by atoms with Crippen molar-refractivity contribution in [3.63, 3.8) is 0 Å². The Labute approximate surface area is 114 Å². The third-order valence-electron chi connectivity index (χ3n) is 3.11. The van der Waals surface area contributed by atoms with Crippen molar-refractivity contribution in [3.05, 3.63) is 33.7 Å². The molecule has 3 N–H and O–H groups in total. The number of imidazole rings is 1. The number of hydrogen-bond acceptors (Lipinski definition) is 3. The van der Waals surface area contributed by atoms with Gasteiger partial charge in [0.15, 0.2) is 0 Å². The number of para-hydroxylation sites is 1. The van der Waals surface area contributed by atoms with Gasteiger partial charge in [0, 0.05) is 4.88 Å². The molecule has 92 valence electrons. The number of fused-ring (bicyclic) bond motifs is 1. The maximum absolute atomic E-state index is 6.13. The molecule has 0 saturated carbocycles. The molecule has 5 heteroatoms. The molecule has 0 bridgehead atoms. The van der Waals surface area contributed by atoms with Crippen molar-refractivity contribution in [1.82, 2.24) is 9.97 Å². The third-order valence-corrected chi connectivity index (χ3v) is 4.45. The quantitative estimate of drug-likeness (QED) is 0.702. The second-order valence-corrected chi connectivity index (χ2v) is 5.91. The zero-order chi connectivity index (χ0) is 12.9. The van der Waals surface area contributed by atoms with Crippen LogP contribution in [-0.2, 0) is 0 Å². The van der Waals surface area contributed by atoms with Crippen LogP contribution in [-0.4, -0.2) is 9.97 Å². The van der Waals surface area contributed by atoms with Crippen molar-refractivity contribution >= 4 is 39.0 Å². The number of nitrogens with one attached hydrogen (secondary N) is 1. The van der Waals surface area contributed by atoms with Crippen LogP contribution < -0.4 is 5.73 Å². The number of thiophene rings is 1. The summed E-state index contributed by atoms with van der Waals surface area (Å²) in [6.07, 6.45) is 0. The predicted octanol–water partition coefficient (Wildman–Crippen LogP) is 4.14. The summed E-state index contributed by atoms with van der Waals surface area (Å²) in [5, 5.41) is 1.44. The number of aryl methyl sites for hydroxylation is 1. The average Bonchev–Trinajstić information content (AvgIpc) is 2.83. The third kappa shape index (κ3) is 1.61. The number of aromatic amines is 1. The highest BCUT2D eigenvalue weighted by Gasteiger charge is 2.16. The lowest BCUT2D eigenvalue weighted by atomic mass is 10.1. The molecule has 0 aliphatic rings. The van der Waals surface area contributed by atoms with Gasteiger partial charge in [-0.05, 0) is 31.5 Å². The first-order valence-electron chi connectivity index (χ1n) is 5.58. The lowest BCUT2D eigenvalue weighted by Gasteiger charge is -1.97. The first-order valence-corrected chi connectivity index (χ1v) is 6.77. The van der Waals surface area contributed by atoms with Gasteiger partial charge in [0.2, 0.25) is 0 Å². The fourth-order valence-corrected chi connectivity index (χ4v) is 3.22. The number of hydrogen-bond donors (Lipinski definition) is 2. The van der Waals surface area contributed by atoms with Gasteiger partial charge in [-0.2, -0.15) is 0 Å². The minimum Gasteiger partial charge on any atom is -0.390 e. The highest BCUT2D eigenvalue weighted by molar-refractivity contribution is 7.16. The molecule has 2 heterocycles. The molecule has 0 amide bonds. The van der Waals surface area contributed by atoms with Gasteiger partial charge in [-0.25, -0.2) is 4.98 Å². The topological polar surface area (TPSA) is 54.7 Å². The SMILES string of the molecule is Cc1sc(N)c(-c2nc3c(Cl)cccc3[nH]2)c1C. The summed E-state index contributed by atoms with van der Waals surface area (Å²) in [7, 11) is 0. The summed E-state index contributed by atoms with van der Waals surface area (Å²) in [5.74, 6) is 0.789. The summed E-state index contributed by atoms with van der Waals surface area (Å²) in [6, 6.07) is 5.70. The molecule has 0 spiro atoms. The number of nitrogen functional groups attached to an aromatic ring is 1. The molecular formula is C13H12ClN3S. The van der Waals surface area contributed by atoms with Gasteiger partial charge in [-0.15, -0.1) is 11.3 Å². The Kier molecular flexibility index (Phi) is 2.57. The largest absolute Gasteiger partial charge is 0.390 e. The molecule has 0 saturated heterocycles. The molecule has 3 rings (SSSR count). The Bertz CT molecular complexity index is 742. The van der Waals surface area contributed by atoms with E-state index in [2.05, 4.69) is 23.8 Å². The van der Waals surface area contributed by atoms with E-state index in [-0.39, 0.29) is 0 Å². The van der Waals surface area contributed by atoms with E-state index in [0.29, 0.717) is 5.02 Å². The van der Waals surface area contributed by atoms with Crippen molar-refractivity contribution in [2.75, 3.05) is 5.73 Å². The molecule has 0 radical (unpaired) electrons. The van der Waals surface area contributed by atoms with Crippen molar-refractivity contribution in [2.24, 2.45) is 0 Å². The van der Waals surface area contributed by atoms with Crippen LogP contribution in [0.15, 0.2) is 18.2 Å². The molecule has 0 atom stereocenters. The maximum atomic E-state index is 6.13. The second kappa shape index (κ2) is 4.00. The molecule has 2 aromatic heterocycles. The van der Waals surface area contributed by atoms with Gasteiger partial charge in [-0.1, -0.05) is 17.7 Å². The first-order chi connectivity index (χ1) is 8.58. The monoisotopic (exact) mass is 277 g/mol. The van der Waals surface area contributed by atoms with Crippen LogP contribution in [0.5, 0.6) is 0 Å². The van der Waals surface area contributed by atoms with E-state index in [0.717, 1.165) is 27.4 Å². The molecule has 18 heavy (non-hydrogen) atoms. The van der Waals surface area contributed by atoms with E-state index in [9.17, 15) is 0 Å². The van der Waals surface area contributed by atoms with E-state index in [1.165, 1.54) is 10.4 Å². The Morgan fingerprint density at radius 2 is 2.11 bits per heavy atom. The van der Waals surface area contributed by atoms with E-state index < -0.39 is 0 Å². The van der Waals surface area contributed by atoms with Crippen molar-refractivity contribution in [2.45, 2.75) is 13.8 Å². The lowest BCUT2D eigenvalue weighted by molar-refractivity contribution is 1.31. The summed E-state index contributed by atoms with van der Waals surface area (Å²) in [6.45, 7) is 4.13. The number of rotatable bonds is 1. The van der Waals surface area contributed by atoms with Crippen LogP contribution >= 0.6 is 22.9 Å². The molecule has 0 fully saturated rings. The Hall–Kier alpha value is -1.52. The number of benzene rings is 1. The minimum absolute atomic E-state index is 0.651. The first kappa shape index (κ1) is 11.6. The molecule has 1 aromatic carbocycles. The molecule has 3 aromatic rings. The van der Waals surface area contributed by atoms with Crippen LogP contribution in [0.1, 0.15) is 10.4 Å². The Morgan fingerprint density at radius 3 is 2.72 bits per heavy atom. The molecule has 0 unspecified atom stereocenters. The Morgan fingerprint density at radius 1 is 1.33 bits per heavy atom. The van der Waals surface area contributed by atoms with E-state index in [4.69, 9.17) is 17.3 Å². The maximum Gasteiger partial charge on any atom is 0.141 e. The fraction of sp³-hybridized carbons (Fsp3) is 0.154.